The van der Waals surface area contributed by atoms with Gasteiger partial charge in [-0.25, -0.2) is 12.7 Å². The monoisotopic (exact) mass is 267 g/mol. The van der Waals surface area contributed by atoms with Gasteiger partial charge < -0.3 is 0 Å². The molecule has 0 amide bonds. The van der Waals surface area contributed by atoms with Crippen molar-refractivity contribution in [3.05, 3.63) is 28.8 Å². The number of nitrogens with zero attached hydrogens (tertiary/aromatic N) is 1. The molecule has 0 bridgehead atoms. The van der Waals surface area contributed by atoms with E-state index in [1.807, 2.05) is 0 Å². The molecule has 1 aromatic carbocycles. The Morgan fingerprint density at radius 2 is 1.93 bits per heavy atom. The van der Waals surface area contributed by atoms with Crippen molar-refractivity contribution in [1.82, 2.24) is 4.31 Å². The third-order valence-corrected chi connectivity index (χ3v) is 4.52. The molecule has 0 radical (unpaired) electrons. The summed E-state index contributed by atoms with van der Waals surface area (Å²) in [5, 5.41) is 0.196. The van der Waals surface area contributed by atoms with Gasteiger partial charge in [0.05, 0.1) is 5.02 Å². The third kappa shape index (κ3) is 2.64. The van der Waals surface area contributed by atoms with Gasteiger partial charge in [0.25, 0.3) is 0 Å². The first-order valence-corrected chi connectivity index (χ1v) is 6.51. The van der Waals surface area contributed by atoms with Crippen LogP contribution in [0.25, 0.3) is 0 Å². The van der Waals surface area contributed by atoms with E-state index in [9.17, 15) is 8.42 Å². The van der Waals surface area contributed by atoms with Crippen molar-refractivity contribution < 1.29 is 8.42 Å². The van der Waals surface area contributed by atoms with Crippen molar-refractivity contribution in [2.24, 2.45) is 0 Å². The summed E-state index contributed by atoms with van der Waals surface area (Å²) in [7, 11) is -0.555. The molecule has 0 spiro atoms. The summed E-state index contributed by atoms with van der Waals surface area (Å²) >= 11 is 11.5. The number of hydrogen-bond acceptors (Lipinski definition) is 2. The van der Waals surface area contributed by atoms with Gasteiger partial charge in [0.1, 0.15) is 4.90 Å². The molecule has 0 atom stereocenters. The average Bonchev–Trinajstić information content (AvgIpc) is 2.16. The number of sulfonamides is 1. The zero-order valence-corrected chi connectivity index (χ0v) is 10.7. The van der Waals surface area contributed by atoms with Crippen molar-refractivity contribution in [3.8, 4) is 0 Å². The van der Waals surface area contributed by atoms with Gasteiger partial charge in [-0.1, -0.05) is 17.7 Å². The van der Waals surface area contributed by atoms with Crippen LogP contribution < -0.4 is 0 Å². The summed E-state index contributed by atoms with van der Waals surface area (Å²) in [5.74, 6) is 0.308. The fourth-order valence-corrected chi connectivity index (χ4v) is 2.63. The number of benzene rings is 1. The first kappa shape index (κ1) is 12.8. The van der Waals surface area contributed by atoms with Crippen LogP contribution in [0.1, 0.15) is 5.56 Å². The number of alkyl halides is 1. The van der Waals surface area contributed by atoms with E-state index in [-0.39, 0.29) is 9.92 Å². The highest BCUT2D eigenvalue weighted by Crippen LogP contribution is 2.25. The standard InChI is InChI=1S/C9H11Cl2NO2S/c1-12(2)15(13,14)9-4-3-7(6-10)5-8(9)11/h3-5H,6H2,1-2H3. The first-order valence-electron chi connectivity index (χ1n) is 4.16. The predicted molar refractivity (Wildman–Crippen MR) is 61.9 cm³/mol. The Balaban J connectivity index is 3.29. The lowest BCUT2D eigenvalue weighted by atomic mass is 10.2. The molecule has 0 aromatic heterocycles. The minimum Gasteiger partial charge on any atom is -0.207 e. The van der Waals surface area contributed by atoms with Crippen molar-refractivity contribution in [1.29, 1.82) is 0 Å². The Hall–Kier alpha value is -0.290. The quantitative estimate of drug-likeness (QED) is 0.789. The number of halogens is 2. The van der Waals surface area contributed by atoms with E-state index in [1.54, 1.807) is 12.1 Å². The Morgan fingerprint density at radius 3 is 2.33 bits per heavy atom. The lowest BCUT2D eigenvalue weighted by Gasteiger charge is -2.12. The van der Waals surface area contributed by atoms with Crippen LogP contribution in [0.2, 0.25) is 5.02 Å². The van der Waals surface area contributed by atoms with E-state index >= 15 is 0 Å². The molecule has 84 valence electrons. The minimum absolute atomic E-state index is 0.100. The smallest absolute Gasteiger partial charge is 0.207 e. The number of rotatable bonds is 3. The van der Waals surface area contributed by atoms with E-state index in [4.69, 9.17) is 23.2 Å². The molecule has 0 saturated heterocycles. The molecule has 0 heterocycles. The number of hydrogen-bond donors (Lipinski definition) is 0. The summed E-state index contributed by atoms with van der Waals surface area (Å²) in [6, 6.07) is 4.68. The van der Waals surface area contributed by atoms with E-state index < -0.39 is 10.0 Å². The fourth-order valence-electron chi connectivity index (χ4n) is 1.03. The van der Waals surface area contributed by atoms with Crippen LogP contribution in [0.5, 0.6) is 0 Å². The Bertz CT molecular complexity index is 457. The molecular formula is C9H11Cl2NO2S. The first-order chi connectivity index (χ1) is 6.89. The maximum absolute atomic E-state index is 11.8. The van der Waals surface area contributed by atoms with Gasteiger partial charge in [0, 0.05) is 20.0 Å². The molecule has 0 N–H and O–H groups in total. The minimum atomic E-state index is -3.47. The van der Waals surface area contributed by atoms with Crippen molar-refractivity contribution in [2.75, 3.05) is 14.1 Å². The van der Waals surface area contributed by atoms with Crippen molar-refractivity contribution in [3.63, 3.8) is 0 Å². The highest BCUT2D eigenvalue weighted by molar-refractivity contribution is 7.89. The van der Waals surface area contributed by atoms with E-state index in [2.05, 4.69) is 0 Å². The molecule has 0 fully saturated rings. The molecule has 0 saturated carbocycles. The van der Waals surface area contributed by atoms with Crippen LogP contribution in [0.15, 0.2) is 23.1 Å². The fraction of sp³-hybridized carbons (Fsp3) is 0.333. The zero-order valence-electron chi connectivity index (χ0n) is 8.37. The topological polar surface area (TPSA) is 37.4 Å². The van der Waals surface area contributed by atoms with Crippen molar-refractivity contribution in [2.45, 2.75) is 10.8 Å². The van der Waals surface area contributed by atoms with Gasteiger partial charge >= 0.3 is 0 Å². The lowest BCUT2D eigenvalue weighted by Crippen LogP contribution is -2.22. The van der Waals surface area contributed by atoms with Gasteiger partial charge in [0.15, 0.2) is 0 Å². The van der Waals surface area contributed by atoms with Crippen LogP contribution in [-0.4, -0.2) is 26.8 Å². The third-order valence-electron chi connectivity index (χ3n) is 1.91. The normalized spacial score (nSPS) is 12.1. The van der Waals surface area contributed by atoms with Crippen molar-refractivity contribution >= 4 is 33.2 Å². The Morgan fingerprint density at radius 1 is 1.33 bits per heavy atom. The summed E-state index contributed by atoms with van der Waals surface area (Å²) in [6.07, 6.45) is 0. The molecule has 6 heteroatoms. The maximum Gasteiger partial charge on any atom is 0.244 e. The van der Waals surface area contributed by atoms with Gasteiger partial charge in [-0.2, -0.15) is 0 Å². The Kier molecular flexibility index (Phi) is 4.00. The highest BCUT2D eigenvalue weighted by Gasteiger charge is 2.20. The second-order valence-corrected chi connectivity index (χ2v) is 5.98. The SMILES string of the molecule is CN(C)S(=O)(=O)c1ccc(CCl)cc1Cl. The zero-order chi connectivity index (χ0) is 11.6. The largest absolute Gasteiger partial charge is 0.244 e. The van der Waals surface area contributed by atoms with Gasteiger partial charge in [0.2, 0.25) is 10.0 Å². The molecule has 0 aliphatic rings. The van der Waals surface area contributed by atoms with E-state index in [1.165, 1.54) is 20.2 Å². The highest BCUT2D eigenvalue weighted by atomic mass is 35.5. The summed E-state index contributed by atoms with van der Waals surface area (Å²) < 4.78 is 24.6. The molecule has 0 aliphatic carbocycles. The predicted octanol–water partition coefficient (Wildman–Crippen LogP) is 2.33. The van der Waals surface area contributed by atoms with Crippen LogP contribution in [0, 0.1) is 0 Å². The lowest BCUT2D eigenvalue weighted by molar-refractivity contribution is 0.521. The van der Waals surface area contributed by atoms with Crippen LogP contribution in [0.4, 0.5) is 0 Å². The van der Waals surface area contributed by atoms with Gasteiger partial charge in [-0.15, -0.1) is 11.6 Å². The maximum atomic E-state index is 11.8. The second kappa shape index (κ2) is 4.70. The Labute approximate surface area is 99.7 Å². The summed E-state index contributed by atoms with van der Waals surface area (Å²) in [4.78, 5) is 0.100. The molecule has 1 rings (SSSR count). The molecule has 0 aliphatic heterocycles. The summed E-state index contributed by atoms with van der Waals surface area (Å²) in [6.45, 7) is 0. The second-order valence-electron chi connectivity index (χ2n) is 3.19. The molecule has 1 aromatic rings. The molecule has 0 unspecified atom stereocenters. The average molecular weight is 268 g/mol. The van der Waals surface area contributed by atoms with Gasteiger partial charge in [-0.05, 0) is 17.7 Å². The van der Waals surface area contributed by atoms with Crippen LogP contribution in [-0.2, 0) is 15.9 Å². The van der Waals surface area contributed by atoms with Gasteiger partial charge in [-0.3, -0.25) is 0 Å². The molecule has 3 nitrogen and oxygen atoms in total. The summed E-state index contributed by atoms with van der Waals surface area (Å²) in [5.41, 5.74) is 0.791. The van der Waals surface area contributed by atoms with Crippen LogP contribution >= 0.6 is 23.2 Å². The molecular weight excluding hydrogens is 257 g/mol. The van der Waals surface area contributed by atoms with E-state index in [0.717, 1.165) is 9.87 Å². The molecule has 15 heavy (non-hydrogen) atoms. The van der Waals surface area contributed by atoms with Crippen LogP contribution in [0.3, 0.4) is 0 Å². The van der Waals surface area contributed by atoms with E-state index in [0.29, 0.717) is 5.88 Å².